The van der Waals surface area contributed by atoms with Gasteiger partial charge in [0, 0.05) is 34.7 Å². The van der Waals surface area contributed by atoms with Crippen molar-refractivity contribution in [1.82, 2.24) is 9.88 Å². The van der Waals surface area contributed by atoms with Crippen molar-refractivity contribution in [1.29, 1.82) is 0 Å². The van der Waals surface area contributed by atoms with Crippen LogP contribution in [0.3, 0.4) is 0 Å². The molecule has 1 aromatic carbocycles. The second-order valence-electron chi connectivity index (χ2n) is 8.49. The summed E-state index contributed by atoms with van der Waals surface area (Å²) in [5, 5.41) is 23.7. The molecule has 0 bridgehead atoms. The summed E-state index contributed by atoms with van der Waals surface area (Å²) >= 11 is 0. The zero-order valence-corrected chi connectivity index (χ0v) is 16.2. The molecule has 0 spiro atoms. The number of aromatic nitrogens is 1. The highest BCUT2D eigenvalue weighted by atomic mass is 16.4. The van der Waals surface area contributed by atoms with Crippen LogP contribution in [0.15, 0.2) is 24.3 Å². The number of aliphatic hydroxyl groups is 1. The summed E-state index contributed by atoms with van der Waals surface area (Å²) in [6.07, 6.45) is 6.31. The van der Waals surface area contributed by atoms with Crippen LogP contribution in [0, 0.1) is 12.8 Å². The van der Waals surface area contributed by atoms with Crippen molar-refractivity contribution in [3.05, 3.63) is 35.5 Å². The first-order valence-electron chi connectivity index (χ1n) is 10.2. The molecule has 0 saturated heterocycles. The Hall–Kier alpha value is -1.85. The van der Waals surface area contributed by atoms with Gasteiger partial charge in [0.15, 0.2) is 0 Å². The first-order chi connectivity index (χ1) is 13.0. The van der Waals surface area contributed by atoms with E-state index in [1.807, 2.05) is 31.2 Å². The standard InChI is InChI=1S/C22H30N2O3/c1-13(15-7-9-16(10-8-15)23-17-11-18(25)12-17)24-14(2)21(22(26)27)19-5-3-4-6-20(19)24/h3-6,13,15-18,23,25H,7-12H2,1-2H3,(H,26,27)/t13-,15?,16?,17-,18+/m1/s1. The SMILES string of the molecule is Cc1c(C(=O)O)c2ccccc2n1[C@H](C)C1CCC(N[C@H]2C[C@@H](O)C2)CC1. The smallest absolute Gasteiger partial charge is 0.338 e. The second-order valence-corrected chi connectivity index (χ2v) is 8.49. The third-order valence-electron chi connectivity index (χ3n) is 6.82. The molecule has 2 saturated carbocycles. The van der Waals surface area contributed by atoms with Crippen LogP contribution in [0.25, 0.3) is 10.9 Å². The number of rotatable bonds is 5. The van der Waals surface area contributed by atoms with Gasteiger partial charge in [0.05, 0.1) is 11.7 Å². The molecule has 2 aliphatic carbocycles. The molecule has 27 heavy (non-hydrogen) atoms. The lowest BCUT2D eigenvalue weighted by atomic mass is 9.80. The number of carboxylic acid groups (broad SMARTS) is 1. The summed E-state index contributed by atoms with van der Waals surface area (Å²) < 4.78 is 2.25. The predicted octanol–water partition coefficient (Wildman–Crippen LogP) is 3.88. The Morgan fingerprint density at radius 1 is 1.15 bits per heavy atom. The van der Waals surface area contributed by atoms with E-state index in [-0.39, 0.29) is 12.1 Å². The number of hydrogen-bond acceptors (Lipinski definition) is 3. The molecule has 4 rings (SSSR count). The average Bonchev–Trinajstić information content (AvgIpc) is 2.92. The number of nitrogens with zero attached hydrogens (tertiary/aromatic N) is 1. The van der Waals surface area contributed by atoms with Crippen molar-refractivity contribution in [3.63, 3.8) is 0 Å². The lowest BCUT2D eigenvalue weighted by Crippen LogP contribution is -2.49. The molecule has 2 aliphatic rings. The summed E-state index contributed by atoms with van der Waals surface area (Å²) in [6, 6.07) is 9.20. The average molecular weight is 370 g/mol. The van der Waals surface area contributed by atoms with Crippen LogP contribution in [0.2, 0.25) is 0 Å². The van der Waals surface area contributed by atoms with Gasteiger partial charge in [-0.2, -0.15) is 0 Å². The van der Waals surface area contributed by atoms with Gasteiger partial charge in [-0.15, -0.1) is 0 Å². The van der Waals surface area contributed by atoms with Gasteiger partial charge in [-0.05, 0) is 64.4 Å². The van der Waals surface area contributed by atoms with Crippen LogP contribution in [0.5, 0.6) is 0 Å². The Labute approximate surface area is 160 Å². The number of hydrogen-bond donors (Lipinski definition) is 3. The lowest BCUT2D eigenvalue weighted by molar-refractivity contribution is 0.0533. The molecule has 3 N–H and O–H groups in total. The molecule has 146 valence electrons. The van der Waals surface area contributed by atoms with Gasteiger partial charge in [-0.25, -0.2) is 4.79 Å². The third kappa shape index (κ3) is 3.39. The van der Waals surface area contributed by atoms with Crippen LogP contribution in [0.1, 0.15) is 67.5 Å². The number of carboxylic acids is 1. The molecule has 0 radical (unpaired) electrons. The predicted molar refractivity (Wildman–Crippen MR) is 106 cm³/mol. The van der Waals surface area contributed by atoms with Crippen molar-refractivity contribution in [2.75, 3.05) is 0 Å². The Morgan fingerprint density at radius 2 is 1.81 bits per heavy atom. The molecule has 2 fully saturated rings. The van der Waals surface area contributed by atoms with Crippen LogP contribution >= 0.6 is 0 Å². The fraction of sp³-hybridized carbons (Fsp3) is 0.591. The summed E-state index contributed by atoms with van der Waals surface area (Å²) in [5.74, 6) is -0.281. The molecule has 5 heteroatoms. The molecule has 1 aromatic heterocycles. The molecular weight excluding hydrogens is 340 g/mol. The Morgan fingerprint density at radius 3 is 2.44 bits per heavy atom. The van der Waals surface area contributed by atoms with Gasteiger partial charge in [0.25, 0.3) is 0 Å². The third-order valence-corrected chi connectivity index (χ3v) is 6.82. The fourth-order valence-electron chi connectivity index (χ4n) is 5.22. The molecule has 0 aliphatic heterocycles. The van der Waals surface area contributed by atoms with E-state index < -0.39 is 5.97 Å². The normalized spacial score (nSPS) is 29.4. The minimum Gasteiger partial charge on any atom is -0.478 e. The molecule has 2 aromatic rings. The number of aromatic carboxylic acids is 1. The molecule has 1 atom stereocenters. The van der Waals surface area contributed by atoms with Gasteiger partial charge in [0.2, 0.25) is 0 Å². The van der Waals surface area contributed by atoms with Gasteiger partial charge in [-0.3, -0.25) is 0 Å². The van der Waals surface area contributed by atoms with E-state index in [9.17, 15) is 15.0 Å². The quantitative estimate of drug-likeness (QED) is 0.747. The van der Waals surface area contributed by atoms with E-state index in [2.05, 4.69) is 16.8 Å². The minimum atomic E-state index is -0.842. The first-order valence-corrected chi connectivity index (χ1v) is 10.2. The monoisotopic (exact) mass is 370 g/mol. The number of benzene rings is 1. The maximum atomic E-state index is 11.8. The highest BCUT2D eigenvalue weighted by Crippen LogP contribution is 2.38. The van der Waals surface area contributed by atoms with E-state index >= 15 is 0 Å². The van der Waals surface area contributed by atoms with Crippen molar-refractivity contribution in [3.8, 4) is 0 Å². The highest BCUT2D eigenvalue weighted by Gasteiger charge is 2.33. The number of carbonyl (C=O) groups is 1. The van der Waals surface area contributed by atoms with Crippen molar-refractivity contribution in [2.24, 2.45) is 5.92 Å². The van der Waals surface area contributed by atoms with E-state index in [4.69, 9.17) is 0 Å². The zero-order valence-electron chi connectivity index (χ0n) is 16.2. The molecule has 0 unspecified atom stereocenters. The van der Waals surface area contributed by atoms with E-state index in [0.29, 0.717) is 23.6 Å². The molecular formula is C22H30N2O3. The zero-order chi connectivity index (χ0) is 19.1. The van der Waals surface area contributed by atoms with Crippen LogP contribution in [-0.4, -0.2) is 38.9 Å². The lowest BCUT2D eigenvalue weighted by Gasteiger charge is -2.39. The summed E-state index contributed by atoms with van der Waals surface area (Å²) in [4.78, 5) is 11.8. The fourth-order valence-corrected chi connectivity index (χ4v) is 5.22. The van der Waals surface area contributed by atoms with Crippen LogP contribution < -0.4 is 5.32 Å². The Bertz CT molecular complexity index is 829. The summed E-state index contributed by atoms with van der Waals surface area (Å²) in [5.41, 5.74) is 2.33. The van der Waals surface area contributed by atoms with E-state index in [1.54, 1.807) is 0 Å². The van der Waals surface area contributed by atoms with Gasteiger partial charge < -0.3 is 20.1 Å². The number of fused-ring (bicyclic) bond motifs is 1. The summed E-state index contributed by atoms with van der Waals surface area (Å²) in [7, 11) is 0. The Kier molecular flexibility index (Phi) is 4.99. The topological polar surface area (TPSA) is 74.5 Å². The highest BCUT2D eigenvalue weighted by molar-refractivity contribution is 6.05. The largest absolute Gasteiger partial charge is 0.478 e. The maximum absolute atomic E-state index is 11.8. The summed E-state index contributed by atoms with van der Waals surface area (Å²) in [6.45, 7) is 4.18. The maximum Gasteiger partial charge on any atom is 0.338 e. The molecule has 1 heterocycles. The van der Waals surface area contributed by atoms with Crippen molar-refractivity contribution in [2.45, 2.75) is 76.6 Å². The van der Waals surface area contributed by atoms with E-state index in [1.165, 1.54) is 0 Å². The van der Waals surface area contributed by atoms with Gasteiger partial charge in [-0.1, -0.05) is 18.2 Å². The molecule has 5 nitrogen and oxygen atoms in total. The van der Waals surface area contributed by atoms with Crippen LogP contribution in [-0.2, 0) is 0 Å². The van der Waals surface area contributed by atoms with Gasteiger partial charge >= 0.3 is 5.97 Å². The first kappa shape index (κ1) is 18.5. The van der Waals surface area contributed by atoms with Crippen molar-refractivity contribution >= 4 is 16.9 Å². The molecule has 0 amide bonds. The number of aliphatic hydroxyl groups excluding tert-OH is 1. The van der Waals surface area contributed by atoms with E-state index in [0.717, 1.165) is 55.1 Å². The van der Waals surface area contributed by atoms with Crippen LogP contribution in [0.4, 0.5) is 0 Å². The number of nitrogens with one attached hydrogen (secondary N) is 1. The second kappa shape index (κ2) is 7.28. The number of para-hydroxylation sites is 1. The van der Waals surface area contributed by atoms with Crippen molar-refractivity contribution < 1.29 is 15.0 Å². The minimum absolute atomic E-state index is 0.104. The van der Waals surface area contributed by atoms with Gasteiger partial charge in [0.1, 0.15) is 0 Å². The Balaban J connectivity index is 1.50.